The summed E-state index contributed by atoms with van der Waals surface area (Å²) in [5.41, 5.74) is 1.79. The number of ether oxygens (including phenoxy) is 1. The third kappa shape index (κ3) is 5.78. The molecule has 1 atom stereocenters. The van der Waals surface area contributed by atoms with Crippen LogP contribution in [0.15, 0.2) is 73.2 Å². The molecule has 0 aliphatic heterocycles. The van der Waals surface area contributed by atoms with Gasteiger partial charge in [0, 0.05) is 25.0 Å². The van der Waals surface area contributed by atoms with Gasteiger partial charge in [-0.3, -0.25) is 14.6 Å². The molecule has 1 unspecified atom stereocenters. The van der Waals surface area contributed by atoms with Crippen molar-refractivity contribution in [3.8, 4) is 5.75 Å². The van der Waals surface area contributed by atoms with E-state index >= 15 is 0 Å². The Labute approximate surface area is 200 Å². The number of carbonyl (C=O) groups excluding carboxylic acids is 2. The number of benzene rings is 2. The van der Waals surface area contributed by atoms with E-state index in [2.05, 4.69) is 15.3 Å². The van der Waals surface area contributed by atoms with E-state index in [4.69, 9.17) is 4.74 Å². The fourth-order valence-corrected chi connectivity index (χ4v) is 4.44. The maximum absolute atomic E-state index is 13.7. The first-order valence-corrected chi connectivity index (χ1v) is 11.7. The Morgan fingerprint density at radius 2 is 1.85 bits per heavy atom. The Hall–Kier alpha value is -3.74. The molecule has 0 spiro atoms. The topological polar surface area (TPSA) is 84.4 Å². The molecule has 4 rings (SSSR count). The summed E-state index contributed by atoms with van der Waals surface area (Å²) < 4.78 is 5.37. The summed E-state index contributed by atoms with van der Waals surface area (Å²) in [7, 11) is 1.60. The normalized spacial score (nSPS) is 14.7. The quantitative estimate of drug-likeness (QED) is 0.544. The van der Waals surface area contributed by atoms with Crippen molar-refractivity contribution in [1.82, 2.24) is 20.2 Å². The van der Waals surface area contributed by atoms with Crippen LogP contribution < -0.4 is 10.1 Å². The number of carbonyl (C=O) groups is 2. The Balaban J connectivity index is 1.72. The van der Waals surface area contributed by atoms with Crippen LogP contribution in [0.3, 0.4) is 0 Å². The van der Waals surface area contributed by atoms with Crippen LogP contribution in [0.5, 0.6) is 5.75 Å². The smallest absolute Gasteiger partial charge is 0.275 e. The van der Waals surface area contributed by atoms with E-state index in [0.717, 1.165) is 36.8 Å². The van der Waals surface area contributed by atoms with Gasteiger partial charge in [0.2, 0.25) is 5.91 Å². The Morgan fingerprint density at radius 3 is 2.56 bits per heavy atom. The molecule has 1 aromatic heterocycles. The van der Waals surface area contributed by atoms with E-state index in [0.29, 0.717) is 5.75 Å². The molecule has 1 saturated carbocycles. The fraction of sp³-hybridized carbons (Fsp3) is 0.333. The summed E-state index contributed by atoms with van der Waals surface area (Å²) in [5.74, 6) is 0.147. The predicted molar refractivity (Wildman–Crippen MR) is 129 cm³/mol. The van der Waals surface area contributed by atoms with Gasteiger partial charge in [-0.15, -0.1) is 0 Å². The van der Waals surface area contributed by atoms with Gasteiger partial charge in [-0.25, -0.2) is 4.98 Å². The van der Waals surface area contributed by atoms with Crippen molar-refractivity contribution in [2.45, 2.75) is 50.7 Å². The van der Waals surface area contributed by atoms with E-state index < -0.39 is 6.04 Å². The molecule has 1 fully saturated rings. The van der Waals surface area contributed by atoms with Gasteiger partial charge in [0.15, 0.2) is 0 Å². The van der Waals surface area contributed by atoms with Gasteiger partial charge in [0.1, 0.15) is 17.5 Å². The summed E-state index contributed by atoms with van der Waals surface area (Å²) in [6.07, 6.45) is 9.76. The number of aromatic nitrogens is 2. The van der Waals surface area contributed by atoms with Crippen molar-refractivity contribution in [3.63, 3.8) is 0 Å². The molecule has 1 aliphatic rings. The molecule has 0 radical (unpaired) electrons. The van der Waals surface area contributed by atoms with Crippen molar-refractivity contribution < 1.29 is 14.3 Å². The summed E-state index contributed by atoms with van der Waals surface area (Å²) in [5, 5.41) is 3.22. The number of amides is 2. The largest absolute Gasteiger partial charge is 0.497 e. The number of rotatable bonds is 8. The second-order valence-corrected chi connectivity index (χ2v) is 8.53. The van der Waals surface area contributed by atoms with E-state index in [1.54, 1.807) is 12.0 Å². The minimum absolute atomic E-state index is 0.123. The van der Waals surface area contributed by atoms with Crippen molar-refractivity contribution >= 4 is 11.8 Å². The zero-order valence-corrected chi connectivity index (χ0v) is 19.4. The highest BCUT2D eigenvalue weighted by atomic mass is 16.5. The Kier molecular flexibility index (Phi) is 7.86. The van der Waals surface area contributed by atoms with Gasteiger partial charge in [0.05, 0.1) is 13.3 Å². The Morgan fingerprint density at radius 1 is 1.06 bits per heavy atom. The molecule has 7 heteroatoms. The average Bonchev–Trinajstić information content (AvgIpc) is 2.89. The lowest BCUT2D eigenvalue weighted by atomic mass is 9.94. The first kappa shape index (κ1) is 23.4. The van der Waals surface area contributed by atoms with Gasteiger partial charge in [-0.2, -0.15) is 0 Å². The van der Waals surface area contributed by atoms with Crippen molar-refractivity contribution in [2.24, 2.45) is 0 Å². The molecule has 0 saturated heterocycles. The maximum Gasteiger partial charge on any atom is 0.275 e. The van der Waals surface area contributed by atoms with Crippen LogP contribution >= 0.6 is 0 Å². The second-order valence-electron chi connectivity index (χ2n) is 8.53. The highest BCUT2D eigenvalue weighted by Gasteiger charge is 2.34. The van der Waals surface area contributed by atoms with E-state index in [1.165, 1.54) is 25.0 Å². The zero-order chi connectivity index (χ0) is 23.8. The van der Waals surface area contributed by atoms with Crippen LogP contribution in [0.25, 0.3) is 0 Å². The van der Waals surface area contributed by atoms with Gasteiger partial charge in [0.25, 0.3) is 5.91 Å². The maximum atomic E-state index is 13.7. The summed E-state index contributed by atoms with van der Waals surface area (Å²) >= 11 is 0. The van der Waals surface area contributed by atoms with Gasteiger partial charge < -0.3 is 15.0 Å². The molecule has 7 nitrogen and oxygen atoms in total. The number of methoxy groups -OCH3 is 1. The third-order valence-electron chi connectivity index (χ3n) is 6.16. The molecular weight excluding hydrogens is 428 g/mol. The highest BCUT2D eigenvalue weighted by Crippen LogP contribution is 2.27. The van der Waals surface area contributed by atoms with Crippen LogP contribution in [-0.4, -0.2) is 39.8 Å². The first-order chi connectivity index (χ1) is 16.7. The summed E-state index contributed by atoms with van der Waals surface area (Å²) in [4.78, 5) is 37.3. The van der Waals surface area contributed by atoms with Gasteiger partial charge in [-0.05, 0) is 36.1 Å². The predicted octanol–water partition coefficient (Wildman–Crippen LogP) is 4.32. The number of hydrogen-bond acceptors (Lipinski definition) is 5. The SMILES string of the molecule is COc1cccc(CN(C(=O)c2cnccn2)C(C(=O)NC2CCCCC2)c2ccccc2)c1. The van der Waals surface area contributed by atoms with Crippen LogP contribution in [0.4, 0.5) is 0 Å². The molecule has 0 bridgehead atoms. The van der Waals surface area contributed by atoms with Crippen molar-refractivity contribution in [1.29, 1.82) is 0 Å². The summed E-state index contributed by atoms with van der Waals surface area (Å²) in [6, 6.07) is 16.2. The van der Waals surface area contributed by atoms with Crippen molar-refractivity contribution in [3.05, 3.63) is 90.0 Å². The van der Waals surface area contributed by atoms with Crippen LogP contribution in [0.2, 0.25) is 0 Å². The number of hydrogen-bond donors (Lipinski definition) is 1. The van der Waals surface area contributed by atoms with Crippen molar-refractivity contribution in [2.75, 3.05) is 7.11 Å². The standard InChI is InChI=1S/C27H30N4O3/c1-34-23-14-8-9-20(17-23)19-31(27(33)24-18-28-15-16-29-24)25(21-10-4-2-5-11-21)26(32)30-22-12-6-3-7-13-22/h2,4-5,8-11,14-18,22,25H,3,6-7,12-13,19H2,1H3,(H,30,32). The molecule has 176 valence electrons. The molecule has 1 heterocycles. The molecule has 34 heavy (non-hydrogen) atoms. The number of nitrogens with one attached hydrogen (secondary N) is 1. The third-order valence-corrected chi connectivity index (χ3v) is 6.16. The van der Waals surface area contributed by atoms with E-state index in [1.807, 2.05) is 54.6 Å². The Bertz CT molecular complexity index is 1090. The van der Waals surface area contributed by atoms with Crippen LogP contribution in [0.1, 0.15) is 59.8 Å². The lowest BCUT2D eigenvalue weighted by Gasteiger charge is -2.33. The average molecular weight is 459 g/mol. The van der Waals surface area contributed by atoms with Crippen LogP contribution in [0, 0.1) is 0 Å². The van der Waals surface area contributed by atoms with E-state index in [9.17, 15) is 9.59 Å². The molecule has 1 N–H and O–H groups in total. The molecule has 2 aromatic carbocycles. The molecule has 2 amide bonds. The second kappa shape index (κ2) is 11.4. The monoisotopic (exact) mass is 458 g/mol. The molecule has 3 aromatic rings. The lowest BCUT2D eigenvalue weighted by molar-refractivity contribution is -0.127. The first-order valence-electron chi connectivity index (χ1n) is 11.7. The summed E-state index contributed by atoms with van der Waals surface area (Å²) in [6.45, 7) is 0.213. The molecule has 1 aliphatic carbocycles. The van der Waals surface area contributed by atoms with E-state index in [-0.39, 0.29) is 30.1 Å². The number of nitrogens with zero attached hydrogens (tertiary/aromatic N) is 3. The lowest BCUT2D eigenvalue weighted by Crippen LogP contribution is -2.47. The highest BCUT2D eigenvalue weighted by molar-refractivity contribution is 5.96. The van der Waals surface area contributed by atoms with Crippen LogP contribution in [-0.2, 0) is 11.3 Å². The molecular formula is C27H30N4O3. The van der Waals surface area contributed by atoms with Gasteiger partial charge >= 0.3 is 0 Å². The zero-order valence-electron chi connectivity index (χ0n) is 19.4. The van der Waals surface area contributed by atoms with Gasteiger partial charge in [-0.1, -0.05) is 61.7 Å². The minimum atomic E-state index is -0.816. The minimum Gasteiger partial charge on any atom is -0.497 e. The fourth-order valence-electron chi connectivity index (χ4n) is 4.44.